The molecule has 5 heteroatoms. The van der Waals surface area contributed by atoms with E-state index in [2.05, 4.69) is 12.2 Å². The van der Waals surface area contributed by atoms with Crippen molar-refractivity contribution in [3.8, 4) is 0 Å². The highest BCUT2D eigenvalue weighted by Gasteiger charge is 2.24. The van der Waals surface area contributed by atoms with Gasteiger partial charge in [-0.15, -0.1) is 0 Å². The number of hydrogen-bond acceptors (Lipinski definition) is 3. The van der Waals surface area contributed by atoms with E-state index >= 15 is 0 Å². The Kier molecular flexibility index (Phi) is 7.35. The van der Waals surface area contributed by atoms with Crippen LogP contribution in [-0.4, -0.2) is 32.4 Å². The van der Waals surface area contributed by atoms with E-state index in [1.807, 2.05) is 39.0 Å². The second-order valence-corrected chi connectivity index (χ2v) is 7.18. The molecule has 0 aliphatic rings. The molecule has 0 spiro atoms. The molecule has 21 heavy (non-hydrogen) atoms. The van der Waals surface area contributed by atoms with Crippen LogP contribution in [0.2, 0.25) is 0 Å². The number of sulfonamides is 1. The van der Waals surface area contributed by atoms with Gasteiger partial charge in [-0.25, -0.2) is 8.42 Å². The van der Waals surface area contributed by atoms with Gasteiger partial charge in [-0.05, 0) is 43.5 Å². The maximum Gasteiger partial charge on any atom is 0.243 e. The smallest absolute Gasteiger partial charge is 0.243 e. The van der Waals surface area contributed by atoms with Crippen LogP contribution >= 0.6 is 0 Å². The Morgan fingerprint density at radius 1 is 1.14 bits per heavy atom. The number of nitrogens with zero attached hydrogens (tertiary/aromatic N) is 1. The molecule has 0 unspecified atom stereocenters. The Hall–Kier alpha value is -0.910. The first kappa shape index (κ1) is 18.1. The normalized spacial score (nSPS) is 12.0. The molecule has 1 aromatic rings. The lowest BCUT2D eigenvalue weighted by molar-refractivity contribution is 0.426. The van der Waals surface area contributed by atoms with Gasteiger partial charge in [0.25, 0.3) is 0 Å². The summed E-state index contributed by atoms with van der Waals surface area (Å²) in [6.45, 7) is 10.6. The number of benzene rings is 1. The summed E-state index contributed by atoms with van der Waals surface area (Å²) < 4.78 is 27.1. The van der Waals surface area contributed by atoms with Gasteiger partial charge in [0.1, 0.15) is 0 Å². The van der Waals surface area contributed by atoms with Crippen LogP contribution in [0.15, 0.2) is 23.1 Å². The summed E-state index contributed by atoms with van der Waals surface area (Å²) in [6.07, 6.45) is 1.89. The van der Waals surface area contributed by atoms with Crippen LogP contribution < -0.4 is 5.32 Å². The van der Waals surface area contributed by atoms with Crippen LogP contribution in [0, 0.1) is 6.92 Å². The van der Waals surface area contributed by atoms with Crippen molar-refractivity contribution in [2.75, 3.05) is 19.6 Å². The molecule has 0 amide bonds. The zero-order chi connectivity index (χ0) is 15.9. The molecule has 0 heterocycles. The van der Waals surface area contributed by atoms with Gasteiger partial charge in [-0.3, -0.25) is 0 Å². The minimum Gasteiger partial charge on any atom is -0.313 e. The van der Waals surface area contributed by atoms with Crippen molar-refractivity contribution in [2.24, 2.45) is 0 Å². The summed E-state index contributed by atoms with van der Waals surface area (Å²) in [5.41, 5.74) is 1.82. The van der Waals surface area contributed by atoms with Crippen LogP contribution in [0.3, 0.4) is 0 Å². The summed E-state index contributed by atoms with van der Waals surface area (Å²) >= 11 is 0. The second kappa shape index (κ2) is 8.51. The Labute approximate surface area is 129 Å². The zero-order valence-electron chi connectivity index (χ0n) is 13.6. The van der Waals surface area contributed by atoms with E-state index in [0.717, 1.165) is 30.5 Å². The summed E-state index contributed by atoms with van der Waals surface area (Å²) in [5, 5.41) is 3.31. The van der Waals surface area contributed by atoms with E-state index < -0.39 is 10.0 Å². The van der Waals surface area contributed by atoms with Crippen molar-refractivity contribution in [1.82, 2.24) is 9.62 Å². The van der Waals surface area contributed by atoms with Gasteiger partial charge in [-0.1, -0.05) is 32.9 Å². The Morgan fingerprint density at radius 3 is 2.43 bits per heavy atom. The van der Waals surface area contributed by atoms with Gasteiger partial charge in [0, 0.05) is 19.6 Å². The van der Waals surface area contributed by atoms with Crippen LogP contribution in [0.4, 0.5) is 0 Å². The molecule has 0 aromatic heterocycles. The van der Waals surface area contributed by atoms with E-state index in [4.69, 9.17) is 0 Å². The highest BCUT2D eigenvalue weighted by atomic mass is 32.2. The average molecular weight is 312 g/mol. The topological polar surface area (TPSA) is 49.4 Å². The lowest BCUT2D eigenvalue weighted by Crippen LogP contribution is -2.32. The first-order chi connectivity index (χ1) is 9.97. The molecule has 0 atom stereocenters. The largest absolute Gasteiger partial charge is 0.313 e. The standard InChI is InChI=1S/C16H28N2O2S/c1-5-10-17-13-15-9-8-14(4)16(12-15)21(19,20)18(7-3)11-6-2/h8-9,12,17H,5-7,10-11,13H2,1-4H3. The molecule has 1 aromatic carbocycles. The van der Waals surface area contributed by atoms with Gasteiger partial charge < -0.3 is 5.32 Å². The number of hydrogen-bond donors (Lipinski definition) is 1. The highest BCUT2D eigenvalue weighted by Crippen LogP contribution is 2.21. The molecule has 0 fully saturated rings. The molecule has 1 N–H and O–H groups in total. The lowest BCUT2D eigenvalue weighted by atomic mass is 10.1. The average Bonchev–Trinajstić information content (AvgIpc) is 2.46. The van der Waals surface area contributed by atoms with Gasteiger partial charge in [0.15, 0.2) is 0 Å². The van der Waals surface area contributed by atoms with Crippen molar-refractivity contribution in [3.05, 3.63) is 29.3 Å². The molecule has 4 nitrogen and oxygen atoms in total. The molecule has 120 valence electrons. The zero-order valence-corrected chi connectivity index (χ0v) is 14.5. The SMILES string of the molecule is CCCNCc1ccc(C)c(S(=O)(=O)N(CC)CCC)c1. The van der Waals surface area contributed by atoms with Crippen molar-refractivity contribution >= 4 is 10.0 Å². The Balaban J connectivity index is 3.07. The molecule has 0 bridgehead atoms. The third kappa shape index (κ3) is 4.80. The Bertz CT molecular complexity index is 541. The molecule has 0 aliphatic carbocycles. The predicted molar refractivity (Wildman–Crippen MR) is 87.9 cm³/mol. The summed E-state index contributed by atoms with van der Waals surface area (Å²) in [6, 6.07) is 5.70. The lowest BCUT2D eigenvalue weighted by Gasteiger charge is -2.21. The summed E-state index contributed by atoms with van der Waals surface area (Å²) in [5.74, 6) is 0. The molecule has 0 radical (unpaired) electrons. The maximum atomic E-state index is 12.8. The second-order valence-electron chi connectivity index (χ2n) is 5.27. The van der Waals surface area contributed by atoms with Crippen molar-refractivity contribution in [1.29, 1.82) is 0 Å². The highest BCUT2D eigenvalue weighted by molar-refractivity contribution is 7.89. The summed E-state index contributed by atoms with van der Waals surface area (Å²) in [4.78, 5) is 0.439. The third-order valence-electron chi connectivity index (χ3n) is 3.45. The van der Waals surface area contributed by atoms with Gasteiger partial charge in [0.05, 0.1) is 4.90 Å². The van der Waals surface area contributed by atoms with Gasteiger partial charge >= 0.3 is 0 Å². The Morgan fingerprint density at radius 2 is 1.86 bits per heavy atom. The number of nitrogens with one attached hydrogen (secondary N) is 1. The minimum atomic E-state index is -3.39. The third-order valence-corrected chi connectivity index (χ3v) is 5.57. The van der Waals surface area contributed by atoms with Crippen molar-refractivity contribution < 1.29 is 8.42 Å². The van der Waals surface area contributed by atoms with Crippen LogP contribution in [-0.2, 0) is 16.6 Å². The van der Waals surface area contributed by atoms with E-state index in [-0.39, 0.29) is 0 Å². The molecular weight excluding hydrogens is 284 g/mol. The van der Waals surface area contributed by atoms with E-state index in [9.17, 15) is 8.42 Å². The molecule has 0 saturated heterocycles. The van der Waals surface area contributed by atoms with Crippen molar-refractivity contribution in [3.63, 3.8) is 0 Å². The fourth-order valence-electron chi connectivity index (χ4n) is 2.28. The fraction of sp³-hybridized carbons (Fsp3) is 0.625. The quantitative estimate of drug-likeness (QED) is 0.713. The fourth-order valence-corrected chi connectivity index (χ4v) is 4.09. The van der Waals surface area contributed by atoms with E-state index in [1.165, 1.54) is 0 Å². The molecular formula is C16H28N2O2S. The first-order valence-electron chi connectivity index (χ1n) is 7.77. The van der Waals surface area contributed by atoms with Gasteiger partial charge in [-0.2, -0.15) is 4.31 Å². The predicted octanol–water partition coefficient (Wildman–Crippen LogP) is 2.92. The molecule has 1 rings (SSSR count). The van der Waals surface area contributed by atoms with Crippen LogP contribution in [0.25, 0.3) is 0 Å². The van der Waals surface area contributed by atoms with E-state index in [0.29, 0.717) is 24.5 Å². The monoisotopic (exact) mass is 312 g/mol. The van der Waals surface area contributed by atoms with Crippen LogP contribution in [0.5, 0.6) is 0 Å². The maximum absolute atomic E-state index is 12.8. The van der Waals surface area contributed by atoms with Crippen LogP contribution in [0.1, 0.15) is 44.7 Å². The first-order valence-corrected chi connectivity index (χ1v) is 9.21. The van der Waals surface area contributed by atoms with Gasteiger partial charge in [0.2, 0.25) is 10.0 Å². The number of rotatable bonds is 9. The van der Waals surface area contributed by atoms with Crippen molar-refractivity contribution in [2.45, 2.75) is 52.0 Å². The molecule has 0 saturated carbocycles. The summed E-state index contributed by atoms with van der Waals surface area (Å²) in [7, 11) is -3.39. The molecule has 0 aliphatic heterocycles. The number of aryl methyl sites for hydroxylation is 1. The van der Waals surface area contributed by atoms with E-state index in [1.54, 1.807) is 4.31 Å². The minimum absolute atomic E-state index is 0.439.